The molecule has 1 unspecified atom stereocenters. The van der Waals surface area contributed by atoms with Gasteiger partial charge in [0.2, 0.25) is 0 Å². The number of ether oxygens (including phenoxy) is 3. The van der Waals surface area contributed by atoms with Crippen LogP contribution < -0.4 is 9.47 Å². The summed E-state index contributed by atoms with van der Waals surface area (Å²) in [5.74, 6) is 0.703. The highest BCUT2D eigenvalue weighted by molar-refractivity contribution is 9.14. The Bertz CT molecular complexity index is 921. The van der Waals surface area contributed by atoms with Gasteiger partial charge in [0.15, 0.2) is 0 Å². The van der Waals surface area contributed by atoms with Gasteiger partial charge in [-0.1, -0.05) is 32.6 Å². The van der Waals surface area contributed by atoms with Crippen LogP contribution in [0.3, 0.4) is 0 Å². The average Bonchev–Trinajstić information content (AvgIpc) is 3.51. The predicted molar refractivity (Wildman–Crippen MR) is 127 cm³/mol. The molecule has 1 aliphatic rings. The molecule has 8 heteroatoms. The van der Waals surface area contributed by atoms with E-state index in [-0.39, 0.29) is 11.5 Å². The zero-order valence-electron chi connectivity index (χ0n) is 15.7. The fourth-order valence-corrected chi connectivity index (χ4v) is 6.17. The molecule has 1 atom stereocenters. The lowest BCUT2D eigenvalue weighted by molar-refractivity contribution is -0.128. The lowest BCUT2D eigenvalue weighted by Crippen LogP contribution is -2.21. The highest BCUT2D eigenvalue weighted by Crippen LogP contribution is 2.51. The van der Waals surface area contributed by atoms with E-state index in [2.05, 4.69) is 84.1 Å². The first-order chi connectivity index (χ1) is 13.7. The lowest BCUT2D eigenvalue weighted by atomic mass is 9.78. The van der Waals surface area contributed by atoms with Crippen molar-refractivity contribution in [1.29, 1.82) is 0 Å². The third kappa shape index (κ3) is 4.98. The van der Waals surface area contributed by atoms with Crippen LogP contribution in [0.25, 0.3) is 0 Å². The van der Waals surface area contributed by atoms with Crippen molar-refractivity contribution < 1.29 is 19.0 Å². The van der Waals surface area contributed by atoms with Gasteiger partial charge in [0.25, 0.3) is 0 Å². The van der Waals surface area contributed by atoms with Crippen LogP contribution in [-0.2, 0) is 14.9 Å². The van der Waals surface area contributed by atoms with Crippen LogP contribution in [-0.4, -0.2) is 25.3 Å². The van der Waals surface area contributed by atoms with E-state index >= 15 is 0 Å². The molecule has 0 spiro atoms. The standard InChI is InChI=1S/C21H18Br4O4/c1-4-14(26)29-12-7-5-11(6-8-12)21(2,3)15-16(22)18(24)20(19(25)17(15)23)28-10-13-9-27-13/h4-8,13H,1,9-10H2,2-3H3. The van der Waals surface area contributed by atoms with Crippen LogP contribution in [0.5, 0.6) is 11.5 Å². The average molecular weight is 654 g/mol. The Hall–Kier alpha value is -0.670. The Morgan fingerprint density at radius 1 is 1.14 bits per heavy atom. The van der Waals surface area contributed by atoms with E-state index in [0.29, 0.717) is 18.1 Å². The first-order valence-electron chi connectivity index (χ1n) is 8.72. The van der Waals surface area contributed by atoms with Gasteiger partial charge in [0.1, 0.15) is 24.2 Å². The first-order valence-corrected chi connectivity index (χ1v) is 11.9. The number of benzene rings is 2. The molecule has 1 fully saturated rings. The van der Waals surface area contributed by atoms with Crippen LogP contribution in [0.2, 0.25) is 0 Å². The second kappa shape index (κ2) is 9.22. The van der Waals surface area contributed by atoms with E-state index in [1.165, 1.54) is 0 Å². The van der Waals surface area contributed by atoms with Crippen molar-refractivity contribution in [3.63, 3.8) is 0 Å². The van der Waals surface area contributed by atoms with Gasteiger partial charge in [-0.3, -0.25) is 0 Å². The number of esters is 1. The van der Waals surface area contributed by atoms with Crippen LogP contribution in [0.4, 0.5) is 0 Å². The Morgan fingerprint density at radius 2 is 1.69 bits per heavy atom. The minimum Gasteiger partial charge on any atom is -0.488 e. The third-order valence-electron chi connectivity index (χ3n) is 4.63. The minimum atomic E-state index is -0.484. The molecule has 154 valence electrons. The van der Waals surface area contributed by atoms with E-state index in [1.807, 2.05) is 12.1 Å². The Morgan fingerprint density at radius 3 is 2.17 bits per heavy atom. The summed E-state index contributed by atoms with van der Waals surface area (Å²) < 4.78 is 19.8. The van der Waals surface area contributed by atoms with Crippen LogP contribution in [0, 0.1) is 0 Å². The van der Waals surface area contributed by atoms with Crippen molar-refractivity contribution in [2.24, 2.45) is 0 Å². The van der Waals surface area contributed by atoms with Crippen molar-refractivity contribution in [3.05, 3.63) is 65.9 Å². The molecule has 3 rings (SSSR count). The summed E-state index contributed by atoms with van der Waals surface area (Å²) in [7, 11) is 0. The molecule has 0 amide bonds. The van der Waals surface area contributed by atoms with Crippen molar-refractivity contribution in [2.75, 3.05) is 13.2 Å². The second-order valence-corrected chi connectivity index (χ2v) is 10.2. The van der Waals surface area contributed by atoms with Gasteiger partial charge < -0.3 is 14.2 Å². The molecule has 0 radical (unpaired) electrons. The molecule has 0 aromatic heterocycles. The SMILES string of the molecule is C=CC(=O)Oc1ccc(C(C)(C)c2c(Br)c(Br)c(OCC3CO3)c(Br)c2Br)cc1. The molecule has 1 aliphatic heterocycles. The molecule has 2 aromatic carbocycles. The highest BCUT2D eigenvalue weighted by Gasteiger charge is 2.33. The van der Waals surface area contributed by atoms with Crippen molar-refractivity contribution in [3.8, 4) is 11.5 Å². The quantitative estimate of drug-likeness (QED) is 0.107. The molecule has 4 nitrogen and oxygen atoms in total. The van der Waals surface area contributed by atoms with Gasteiger partial charge >= 0.3 is 5.97 Å². The van der Waals surface area contributed by atoms with Crippen molar-refractivity contribution in [1.82, 2.24) is 0 Å². The maximum Gasteiger partial charge on any atom is 0.335 e. The predicted octanol–water partition coefficient (Wildman–Crippen LogP) is 6.93. The molecule has 0 N–H and O–H groups in total. The maximum atomic E-state index is 11.4. The van der Waals surface area contributed by atoms with Gasteiger partial charge in [-0.05, 0) is 87.0 Å². The third-order valence-corrected chi connectivity index (χ3v) is 8.79. The van der Waals surface area contributed by atoms with E-state index in [9.17, 15) is 4.79 Å². The van der Waals surface area contributed by atoms with Gasteiger partial charge in [0.05, 0.1) is 15.6 Å². The number of rotatable bonds is 7. The van der Waals surface area contributed by atoms with Crippen LogP contribution >= 0.6 is 63.7 Å². The number of halogens is 4. The van der Waals surface area contributed by atoms with Crippen LogP contribution in [0.15, 0.2) is 54.8 Å². The number of epoxide rings is 1. The molecule has 0 bridgehead atoms. The van der Waals surface area contributed by atoms with Gasteiger partial charge in [-0.15, -0.1) is 0 Å². The summed E-state index contributed by atoms with van der Waals surface area (Å²) in [4.78, 5) is 11.4. The first kappa shape index (κ1) is 23.0. The Kier molecular flexibility index (Phi) is 7.31. The minimum absolute atomic E-state index is 0.163. The second-order valence-electron chi connectivity index (χ2n) is 7.00. The maximum absolute atomic E-state index is 11.4. The number of carbonyl (C=O) groups is 1. The van der Waals surface area contributed by atoms with Crippen molar-refractivity contribution >= 4 is 69.7 Å². The van der Waals surface area contributed by atoms with E-state index in [4.69, 9.17) is 14.2 Å². The molecule has 0 saturated carbocycles. The molecule has 29 heavy (non-hydrogen) atoms. The number of hydrogen-bond donors (Lipinski definition) is 0. The molecule has 2 aromatic rings. The summed E-state index contributed by atoms with van der Waals surface area (Å²) >= 11 is 14.8. The lowest BCUT2D eigenvalue weighted by Gasteiger charge is -2.30. The summed E-state index contributed by atoms with van der Waals surface area (Å²) in [6.07, 6.45) is 1.30. The molecule has 1 saturated heterocycles. The largest absolute Gasteiger partial charge is 0.488 e. The van der Waals surface area contributed by atoms with E-state index < -0.39 is 5.97 Å². The normalized spacial score (nSPS) is 15.7. The summed E-state index contributed by atoms with van der Waals surface area (Å²) in [6, 6.07) is 7.44. The Labute approximate surface area is 203 Å². The van der Waals surface area contributed by atoms with Crippen molar-refractivity contribution in [2.45, 2.75) is 25.4 Å². The van der Waals surface area contributed by atoms with E-state index in [1.54, 1.807) is 12.1 Å². The van der Waals surface area contributed by atoms with Gasteiger partial charge in [0, 0.05) is 20.4 Å². The van der Waals surface area contributed by atoms with Crippen LogP contribution in [0.1, 0.15) is 25.0 Å². The Balaban J connectivity index is 1.97. The zero-order chi connectivity index (χ0) is 21.3. The number of hydrogen-bond acceptors (Lipinski definition) is 4. The summed E-state index contributed by atoms with van der Waals surface area (Å²) in [5.41, 5.74) is 1.72. The van der Waals surface area contributed by atoms with E-state index in [0.717, 1.165) is 41.7 Å². The summed E-state index contributed by atoms with van der Waals surface area (Å²) in [6.45, 7) is 8.90. The molecule has 1 heterocycles. The fourth-order valence-electron chi connectivity index (χ4n) is 2.87. The monoisotopic (exact) mass is 650 g/mol. The molecular formula is C21H18Br4O4. The molecular weight excluding hydrogens is 636 g/mol. The fraction of sp³-hybridized carbons (Fsp3) is 0.286. The number of carbonyl (C=O) groups excluding carboxylic acids is 1. The van der Waals surface area contributed by atoms with Gasteiger partial charge in [-0.25, -0.2) is 4.79 Å². The highest BCUT2D eigenvalue weighted by atomic mass is 79.9. The molecule has 0 aliphatic carbocycles. The topological polar surface area (TPSA) is 48.1 Å². The summed E-state index contributed by atoms with van der Waals surface area (Å²) in [5, 5.41) is 0. The smallest absolute Gasteiger partial charge is 0.335 e. The van der Waals surface area contributed by atoms with Gasteiger partial charge in [-0.2, -0.15) is 0 Å². The zero-order valence-corrected chi connectivity index (χ0v) is 22.1.